The van der Waals surface area contributed by atoms with Crippen LogP contribution in [0.4, 0.5) is 0 Å². The number of hydrogen-bond acceptors (Lipinski definition) is 4. The standard InChI is InChI=1S/C19H27NO4S/c1-19-10-9-15-14-6-4-13(23-2)11-12(14)3-5-16(15)17(19)7-8-18(19)24-25(20,21)22/h4,6,11,15-18H,3,5,7-10H2,1-2H3,(H2,20,21,22)/t15-,16-,17+,18+,19+/m1/s1. The van der Waals surface area contributed by atoms with Crippen molar-refractivity contribution in [1.29, 1.82) is 0 Å². The van der Waals surface area contributed by atoms with Crippen LogP contribution in [0.2, 0.25) is 0 Å². The van der Waals surface area contributed by atoms with Gasteiger partial charge in [0.2, 0.25) is 0 Å². The van der Waals surface area contributed by atoms with Gasteiger partial charge in [-0.15, -0.1) is 0 Å². The highest BCUT2D eigenvalue weighted by Gasteiger charge is 2.56. The Morgan fingerprint density at radius 3 is 2.72 bits per heavy atom. The summed E-state index contributed by atoms with van der Waals surface area (Å²) in [6, 6.07) is 6.48. The molecule has 3 aliphatic carbocycles. The highest BCUT2D eigenvalue weighted by atomic mass is 32.2. The molecule has 5 atom stereocenters. The second kappa shape index (κ2) is 5.96. The minimum absolute atomic E-state index is 0.0857. The third-order valence-corrected chi connectivity index (χ3v) is 7.60. The van der Waals surface area contributed by atoms with Crippen LogP contribution in [-0.4, -0.2) is 21.6 Å². The van der Waals surface area contributed by atoms with Crippen molar-refractivity contribution < 1.29 is 17.3 Å². The lowest BCUT2D eigenvalue weighted by Gasteiger charge is -2.50. The molecule has 138 valence electrons. The molecule has 1 aromatic rings. The Bertz CT molecular complexity index is 778. The zero-order valence-electron chi connectivity index (χ0n) is 14.9. The monoisotopic (exact) mass is 365 g/mol. The average molecular weight is 365 g/mol. The summed E-state index contributed by atoms with van der Waals surface area (Å²) in [6.45, 7) is 2.21. The lowest BCUT2D eigenvalue weighted by Crippen LogP contribution is -2.45. The maximum Gasteiger partial charge on any atom is 0.333 e. The van der Waals surface area contributed by atoms with E-state index in [4.69, 9.17) is 14.1 Å². The van der Waals surface area contributed by atoms with E-state index < -0.39 is 10.3 Å². The Hall–Kier alpha value is -1.11. The van der Waals surface area contributed by atoms with E-state index in [0.29, 0.717) is 17.8 Å². The van der Waals surface area contributed by atoms with Crippen molar-refractivity contribution in [3.05, 3.63) is 29.3 Å². The average Bonchev–Trinajstić information content (AvgIpc) is 2.89. The van der Waals surface area contributed by atoms with Crippen molar-refractivity contribution >= 4 is 10.3 Å². The summed E-state index contributed by atoms with van der Waals surface area (Å²) >= 11 is 0. The Morgan fingerprint density at radius 2 is 2.00 bits per heavy atom. The molecule has 25 heavy (non-hydrogen) atoms. The van der Waals surface area contributed by atoms with Gasteiger partial charge in [-0.25, -0.2) is 5.14 Å². The molecule has 0 heterocycles. The summed E-state index contributed by atoms with van der Waals surface area (Å²) in [7, 11) is -2.18. The molecule has 0 radical (unpaired) electrons. The zero-order chi connectivity index (χ0) is 17.8. The van der Waals surface area contributed by atoms with Gasteiger partial charge in [0.1, 0.15) is 5.75 Å². The zero-order valence-corrected chi connectivity index (χ0v) is 15.7. The smallest absolute Gasteiger partial charge is 0.333 e. The third-order valence-electron chi connectivity index (χ3n) is 7.10. The summed E-state index contributed by atoms with van der Waals surface area (Å²) in [4.78, 5) is 0. The van der Waals surface area contributed by atoms with E-state index in [1.54, 1.807) is 7.11 Å². The number of ether oxygens (including phenoxy) is 1. The molecule has 3 aliphatic rings. The van der Waals surface area contributed by atoms with Crippen LogP contribution in [0.3, 0.4) is 0 Å². The second-order valence-corrected chi connectivity index (χ2v) is 9.36. The molecule has 4 rings (SSSR count). The largest absolute Gasteiger partial charge is 0.497 e. The maximum atomic E-state index is 11.5. The summed E-state index contributed by atoms with van der Waals surface area (Å²) in [6.07, 6.45) is 5.85. The molecule has 0 aromatic heterocycles. The van der Waals surface area contributed by atoms with E-state index in [2.05, 4.69) is 25.1 Å². The molecule has 0 spiro atoms. The van der Waals surface area contributed by atoms with Crippen molar-refractivity contribution in [1.82, 2.24) is 0 Å². The van der Waals surface area contributed by atoms with Crippen LogP contribution in [0.15, 0.2) is 18.2 Å². The van der Waals surface area contributed by atoms with E-state index in [9.17, 15) is 8.42 Å². The van der Waals surface area contributed by atoms with Gasteiger partial charge in [0.05, 0.1) is 13.2 Å². The minimum Gasteiger partial charge on any atom is -0.497 e. The van der Waals surface area contributed by atoms with Gasteiger partial charge in [0.25, 0.3) is 0 Å². The molecule has 2 fully saturated rings. The third kappa shape index (κ3) is 2.88. The molecule has 0 saturated heterocycles. The predicted octanol–water partition coefficient (Wildman–Crippen LogP) is 3.14. The van der Waals surface area contributed by atoms with Crippen LogP contribution >= 0.6 is 0 Å². The topological polar surface area (TPSA) is 78.6 Å². The molecule has 0 unspecified atom stereocenters. The Balaban J connectivity index is 1.62. The summed E-state index contributed by atoms with van der Waals surface area (Å²) in [5.74, 6) is 2.61. The fraction of sp³-hybridized carbons (Fsp3) is 0.684. The number of aryl methyl sites for hydroxylation is 1. The van der Waals surface area contributed by atoms with E-state index in [-0.39, 0.29) is 11.5 Å². The van der Waals surface area contributed by atoms with Crippen LogP contribution < -0.4 is 9.88 Å². The molecule has 2 saturated carbocycles. The molecule has 0 bridgehead atoms. The van der Waals surface area contributed by atoms with E-state index in [1.165, 1.54) is 11.1 Å². The van der Waals surface area contributed by atoms with Gasteiger partial charge in [-0.1, -0.05) is 13.0 Å². The highest BCUT2D eigenvalue weighted by Crippen LogP contribution is 2.61. The first kappa shape index (κ1) is 17.3. The van der Waals surface area contributed by atoms with Gasteiger partial charge >= 0.3 is 10.3 Å². The van der Waals surface area contributed by atoms with Crippen molar-refractivity contribution in [2.75, 3.05) is 7.11 Å². The summed E-state index contributed by atoms with van der Waals surface area (Å²) in [5.41, 5.74) is 2.80. The number of rotatable bonds is 3. The normalized spacial score (nSPS) is 37.1. The second-order valence-electron chi connectivity index (χ2n) is 8.18. The van der Waals surface area contributed by atoms with Gasteiger partial charge in [0, 0.05) is 0 Å². The van der Waals surface area contributed by atoms with Crippen LogP contribution in [0.1, 0.15) is 56.1 Å². The molecule has 2 N–H and O–H groups in total. The first-order chi connectivity index (χ1) is 11.8. The van der Waals surface area contributed by atoms with Crippen molar-refractivity contribution in [3.63, 3.8) is 0 Å². The van der Waals surface area contributed by atoms with Crippen LogP contribution in [-0.2, 0) is 20.9 Å². The fourth-order valence-corrected chi connectivity index (χ4v) is 6.60. The highest BCUT2D eigenvalue weighted by molar-refractivity contribution is 7.84. The summed E-state index contributed by atoms with van der Waals surface area (Å²) < 4.78 is 33.6. The molecule has 1 aromatic carbocycles. The quantitative estimate of drug-likeness (QED) is 0.892. The lowest BCUT2D eigenvalue weighted by atomic mass is 9.55. The summed E-state index contributed by atoms with van der Waals surface area (Å²) in [5, 5.41) is 5.16. The molecule has 0 amide bonds. The van der Waals surface area contributed by atoms with Gasteiger partial charge in [-0.2, -0.15) is 8.42 Å². The van der Waals surface area contributed by atoms with Gasteiger partial charge < -0.3 is 4.74 Å². The minimum atomic E-state index is -3.90. The van der Waals surface area contributed by atoms with Crippen molar-refractivity contribution in [2.24, 2.45) is 22.4 Å². The predicted molar refractivity (Wildman–Crippen MR) is 95.6 cm³/mol. The first-order valence-corrected chi connectivity index (χ1v) is 10.7. The number of methoxy groups -OCH3 is 1. The Kier molecular flexibility index (Phi) is 4.13. The molecular weight excluding hydrogens is 338 g/mol. The fourth-order valence-electron chi connectivity index (χ4n) is 5.96. The van der Waals surface area contributed by atoms with Crippen LogP contribution in [0.25, 0.3) is 0 Å². The van der Waals surface area contributed by atoms with E-state index in [0.717, 1.165) is 44.3 Å². The van der Waals surface area contributed by atoms with E-state index >= 15 is 0 Å². The maximum absolute atomic E-state index is 11.5. The van der Waals surface area contributed by atoms with Crippen molar-refractivity contribution in [2.45, 2.75) is 57.5 Å². The van der Waals surface area contributed by atoms with Crippen molar-refractivity contribution in [3.8, 4) is 5.75 Å². The van der Waals surface area contributed by atoms with Gasteiger partial charge in [0.15, 0.2) is 0 Å². The number of fused-ring (bicyclic) bond motifs is 5. The number of benzene rings is 1. The van der Waals surface area contributed by atoms with Crippen LogP contribution in [0, 0.1) is 17.3 Å². The SMILES string of the molecule is COc1ccc2c(c1)CC[C@@H]1[C@@H]2CC[C@]2(C)[C@@H](OS(N)(=O)=O)CC[C@@H]12. The lowest BCUT2D eigenvalue weighted by molar-refractivity contribution is -0.00802. The number of hydrogen-bond donors (Lipinski definition) is 1. The molecular formula is C19H27NO4S. The Morgan fingerprint density at radius 1 is 1.20 bits per heavy atom. The van der Waals surface area contributed by atoms with Gasteiger partial charge in [-0.05, 0) is 85.0 Å². The Labute approximate surface area is 150 Å². The number of nitrogens with two attached hydrogens (primary N) is 1. The first-order valence-electron chi connectivity index (χ1n) is 9.19. The van der Waals surface area contributed by atoms with Gasteiger partial charge in [-0.3, -0.25) is 4.18 Å². The molecule has 5 nitrogen and oxygen atoms in total. The molecule has 6 heteroatoms. The molecule has 0 aliphatic heterocycles. The van der Waals surface area contributed by atoms with Crippen LogP contribution in [0.5, 0.6) is 5.75 Å². The van der Waals surface area contributed by atoms with E-state index in [1.807, 2.05) is 0 Å².